The minimum Gasteiger partial charge on any atom is -0.351 e. The summed E-state index contributed by atoms with van der Waals surface area (Å²) < 4.78 is 0. The van der Waals surface area contributed by atoms with Gasteiger partial charge >= 0.3 is 0 Å². The molecule has 0 aromatic heterocycles. The number of carbonyl (C=O) groups excluding carboxylic acids is 1. The largest absolute Gasteiger partial charge is 0.351 e. The van der Waals surface area contributed by atoms with Crippen molar-refractivity contribution in [1.29, 1.82) is 0 Å². The van der Waals surface area contributed by atoms with Crippen LogP contribution in [0.5, 0.6) is 0 Å². The van der Waals surface area contributed by atoms with Crippen molar-refractivity contribution >= 4 is 5.91 Å². The van der Waals surface area contributed by atoms with Gasteiger partial charge in [-0.15, -0.1) is 0 Å². The molecule has 1 heterocycles. The number of benzene rings is 1. The van der Waals surface area contributed by atoms with Gasteiger partial charge in [-0.25, -0.2) is 0 Å². The monoisotopic (exact) mass is 242 g/mol. The fraction of sp³-hybridized carbons (Fsp3) is 0.533. The lowest BCUT2D eigenvalue weighted by molar-refractivity contribution is -0.123. The first kappa shape index (κ1) is 10.6. The first-order valence-electron chi connectivity index (χ1n) is 6.92. The van der Waals surface area contributed by atoms with Crippen LogP contribution in [0, 0.1) is 5.92 Å². The van der Waals surface area contributed by atoms with E-state index < -0.39 is 0 Å². The molecule has 3 heteroatoms. The number of fused-ring (bicyclic) bond motifs is 1. The summed E-state index contributed by atoms with van der Waals surface area (Å²) in [7, 11) is 0. The summed E-state index contributed by atoms with van der Waals surface area (Å²) in [6.07, 6.45) is 3.41. The molecule has 2 N–H and O–H groups in total. The second-order valence-electron chi connectivity index (χ2n) is 5.93. The van der Waals surface area contributed by atoms with Crippen LogP contribution in [0.4, 0.5) is 0 Å². The fourth-order valence-electron chi connectivity index (χ4n) is 3.23. The number of piperidine rings is 1. The molecule has 0 spiro atoms. The van der Waals surface area contributed by atoms with Gasteiger partial charge in [-0.2, -0.15) is 0 Å². The van der Waals surface area contributed by atoms with Crippen LogP contribution in [-0.4, -0.2) is 24.0 Å². The Hall–Kier alpha value is -1.35. The van der Waals surface area contributed by atoms with Gasteiger partial charge in [-0.3, -0.25) is 4.79 Å². The molecule has 94 valence electrons. The summed E-state index contributed by atoms with van der Waals surface area (Å²) in [6, 6.07) is 11.6. The van der Waals surface area contributed by atoms with E-state index in [1.165, 1.54) is 12.0 Å². The molecule has 0 radical (unpaired) electrons. The maximum Gasteiger partial charge on any atom is 0.237 e. The van der Waals surface area contributed by atoms with E-state index >= 15 is 0 Å². The molecule has 3 nitrogen and oxygen atoms in total. The van der Waals surface area contributed by atoms with Crippen molar-refractivity contribution in [2.45, 2.75) is 43.3 Å². The molecule has 5 atom stereocenters. The quantitative estimate of drug-likeness (QED) is 0.841. The highest BCUT2D eigenvalue weighted by Gasteiger charge is 2.49. The average Bonchev–Trinajstić information content (AvgIpc) is 3.30. The third-order valence-corrected chi connectivity index (χ3v) is 4.54. The fourth-order valence-corrected chi connectivity index (χ4v) is 3.23. The second kappa shape index (κ2) is 3.82. The van der Waals surface area contributed by atoms with Gasteiger partial charge in [0, 0.05) is 18.0 Å². The highest BCUT2D eigenvalue weighted by Crippen LogP contribution is 2.42. The molecule has 18 heavy (non-hydrogen) atoms. The minimum absolute atomic E-state index is 0.0748. The molecule has 1 amide bonds. The van der Waals surface area contributed by atoms with Crippen LogP contribution in [0.15, 0.2) is 30.3 Å². The van der Waals surface area contributed by atoms with Crippen LogP contribution in [0.3, 0.4) is 0 Å². The van der Waals surface area contributed by atoms with E-state index in [1.807, 2.05) is 6.07 Å². The molecule has 0 unspecified atom stereocenters. The van der Waals surface area contributed by atoms with E-state index in [-0.39, 0.29) is 11.9 Å². The number of hydrogen-bond donors (Lipinski definition) is 2. The number of amides is 1. The zero-order valence-electron chi connectivity index (χ0n) is 10.3. The minimum atomic E-state index is 0.0748. The van der Waals surface area contributed by atoms with E-state index in [2.05, 4.69) is 34.9 Å². The molecule has 3 fully saturated rings. The number of hydrogen-bond acceptors (Lipinski definition) is 2. The Bertz CT molecular complexity index is 463. The van der Waals surface area contributed by atoms with E-state index in [4.69, 9.17) is 0 Å². The Morgan fingerprint density at radius 1 is 1.17 bits per heavy atom. The van der Waals surface area contributed by atoms with Crippen molar-refractivity contribution in [3.63, 3.8) is 0 Å². The van der Waals surface area contributed by atoms with Crippen LogP contribution >= 0.6 is 0 Å². The summed E-state index contributed by atoms with van der Waals surface area (Å²) in [6.45, 7) is 0. The van der Waals surface area contributed by atoms with Gasteiger partial charge in [0.2, 0.25) is 5.91 Å². The third-order valence-electron chi connectivity index (χ3n) is 4.54. The van der Waals surface area contributed by atoms with Crippen LogP contribution in [0.25, 0.3) is 0 Å². The smallest absolute Gasteiger partial charge is 0.237 e. The topological polar surface area (TPSA) is 41.1 Å². The number of nitrogens with one attached hydrogen (secondary N) is 2. The Morgan fingerprint density at radius 3 is 2.72 bits per heavy atom. The first-order valence-corrected chi connectivity index (χ1v) is 6.92. The molecular formula is C15H18N2O. The van der Waals surface area contributed by atoms with Crippen molar-refractivity contribution in [1.82, 2.24) is 10.6 Å². The van der Waals surface area contributed by atoms with Crippen molar-refractivity contribution in [3.05, 3.63) is 35.9 Å². The lowest BCUT2D eigenvalue weighted by atomic mass is 10.1. The van der Waals surface area contributed by atoms with E-state index in [9.17, 15) is 4.79 Å². The molecule has 1 aromatic rings. The highest BCUT2D eigenvalue weighted by molar-refractivity contribution is 5.83. The van der Waals surface area contributed by atoms with E-state index in [0.29, 0.717) is 18.0 Å². The molecule has 1 aliphatic heterocycles. The van der Waals surface area contributed by atoms with Gasteiger partial charge < -0.3 is 10.6 Å². The van der Waals surface area contributed by atoms with Gasteiger partial charge in [-0.05, 0) is 30.7 Å². The highest BCUT2D eigenvalue weighted by atomic mass is 16.2. The van der Waals surface area contributed by atoms with Gasteiger partial charge in [0.15, 0.2) is 0 Å². The summed E-state index contributed by atoms with van der Waals surface area (Å²) in [4.78, 5) is 12.1. The first-order chi connectivity index (χ1) is 8.81. The maximum atomic E-state index is 12.1. The molecule has 1 aromatic carbocycles. The molecule has 3 aliphatic rings. The lowest BCUT2D eigenvalue weighted by Gasteiger charge is -2.13. The average molecular weight is 242 g/mol. The van der Waals surface area contributed by atoms with E-state index in [1.54, 1.807) is 0 Å². The third kappa shape index (κ3) is 1.83. The van der Waals surface area contributed by atoms with Crippen molar-refractivity contribution < 1.29 is 4.79 Å². The molecule has 0 bridgehead atoms. The summed E-state index contributed by atoms with van der Waals surface area (Å²) >= 11 is 0. The summed E-state index contributed by atoms with van der Waals surface area (Å²) in [5, 5.41) is 6.59. The maximum absolute atomic E-state index is 12.1. The zero-order valence-corrected chi connectivity index (χ0v) is 10.3. The Morgan fingerprint density at radius 2 is 2.00 bits per heavy atom. The van der Waals surface area contributed by atoms with Crippen molar-refractivity contribution in [2.24, 2.45) is 5.92 Å². The molecule has 2 saturated carbocycles. The standard InChI is InChI=1S/C15H18N2O/c18-15(14-7-10-6-12(10)16-14)17-13-8-11(13)9-4-2-1-3-5-9/h1-5,10-14,16H,6-8H2,(H,17,18)/t10-,11-,12-,13+,14+/m1/s1. The van der Waals surface area contributed by atoms with Crippen LogP contribution < -0.4 is 10.6 Å². The predicted molar refractivity (Wildman–Crippen MR) is 69.2 cm³/mol. The lowest BCUT2D eigenvalue weighted by Crippen LogP contribution is -2.43. The summed E-state index contributed by atoms with van der Waals surface area (Å²) in [5.74, 6) is 1.53. The zero-order chi connectivity index (χ0) is 12.1. The molecule has 1 saturated heterocycles. The second-order valence-corrected chi connectivity index (χ2v) is 5.93. The SMILES string of the molecule is O=C(N[C@H]1C[C@@H]1c1ccccc1)[C@@H]1C[C@H]2C[C@H]2N1. The van der Waals surface area contributed by atoms with Gasteiger partial charge in [-0.1, -0.05) is 30.3 Å². The van der Waals surface area contributed by atoms with Gasteiger partial charge in [0.25, 0.3) is 0 Å². The van der Waals surface area contributed by atoms with Crippen LogP contribution in [0.1, 0.15) is 30.7 Å². The van der Waals surface area contributed by atoms with Crippen molar-refractivity contribution in [3.8, 4) is 0 Å². The predicted octanol–water partition coefficient (Wildman–Crippen LogP) is 1.41. The van der Waals surface area contributed by atoms with Crippen LogP contribution in [0.2, 0.25) is 0 Å². The summed E-state index contributed by atoms with van der Waals surface area (Å²) in [5.41, 5.74) is 1.35. The Balaban J connectivity index is 1.33. The van der Waals surface area contributed by atoms with Crippen LogP contribution in [-0.2, 0) is 4.79 Å². The molecular weight excluding hydrogens is 224 g/mol. The Labute approximate surface area is 107 Å². The van der Waals surface area contributed by atoms with Gasteiger partial charge in [0.1, 0.15) is 0 Å². The number of rotatable bonds is 3. The molecule has 2 aliphatic carbocycles. The van der Waals surface area contributed by atoms with Crippen molar-refractivity contribution in [2.75, 3.05) is 0 Å². The normalized spacial score (nSPS) is 40.1. The Kier molecular flexibility index (Phi) is 2.24. The number of carbonyl (C=O) groups is 1. The van der Waals surface area contributed by atoms with Gasteiger partial charge in [0.05, 0.1) is 6.04 Å². The van der Waals surface area contributed by atoms with E-state index in [0.717, 1.165) is 18.8 Å². The molecule has 4 rings (SSSR count).